The van der Waals surface area contributed by atoms with Gasteiger partial charge in [-0.1, -0.05) is 0 Å². The van der Waals surface area contributed by atoms with Crippen LogP contribution in [0.4, 0.5) is 20.5 Å². The molecule has 0 spiro atoms. The molecule has 7 nitrogen and oxygen atoms in total. The molecule has 2 aromatic rings. The molecular formula is C8H10F2N6O. The van der Waals surface area contributed by atoms with Gasteiger partial charge in [-0.15, -0.1) is 0 Å². The molecule has 17 heavy (non-hydrogen) atoms. The molecule has 0 unspecified atom stereocenters. The first-order valence-corrected chi connectivity index (χ1v) is 4.71. The van der Waals surface area contributed by atoms with Gasteiger partial charge in [-0.3, -0.25) is 5.10 Å². The minimum Gasteiger partial charge on any atom is -0.390 e. The lowest BCUT2D eigenvalue weighted by Gasteiger charge is -2.14. The predicted octanol–water partition coefficient (Wildman–Crippen LogP) is -0.0254. The summed E-state index contributed by atoms with van der Waals surface area (Å²) in [5.74, 6) is -3.14. The number of aliphatic hydroxyl groups is 1. The highest BCUT2D eigenvalue weighted by Gasteiger charge is 2.27. The summed E-state index contributed by atoms with van der Waals surface area (Å²) < 4.78 is 25.7. The highest BCUT2D eigenvalue weighted by atomic mass is 19.3. The number of nitrogens with zero attached hydrogens (tertiary/aromatic N) is 3. The second-order valence-corrected chi connectivity index (χ2v) is 3.43. The summed E-state index contributed by atoms with van der Waals surface area (Å²) in [4.78, 5) is 7.62. The maximum atomic E-state index is 12.9. The summed E-state index contributed by atoms with van der Waals surface area (Å²) in [6.07, 6.45) is 1.40. The molecule has 0 saturated heterocycles. The van der Waals surface area contributed by atoms with Crippen LogP contribution in [0.5, 0.6) is 0 Å². The second kappa shape index (κ2) is 4.09. The van der Waals surface area contributed by atoms with Gasteiger partial charge in [0.1, 0.15) is 12.4 Å². The first kappa shape index (κ1) is 11.5. The first-order chi connectivity index (χ1) is 8.02. The Labute approximate surface area is 94.1 Å². The number of halogens is 2. The zero-order valence-electron chi connectivity index (χ0n) is 8.61. The summed E-state index contributed by atoms with van der Waals surface area (Å²) >= 11 is 0. The highest BCUT2D eigenvalue weighted by Crippen LogP contribution is 2.20. The van der Waals surface area contributed by atoms with Gasteiger partial charge < -0.3 is 16.2 Å². The standard InChI is InChI=1S/C8H10F2N6O/c9-8(10,3-17)2-12-5-4-1-13-16-6(4)15-7(11)14-5/h1,17H,2-3H2,(H4,11,12,13,14,15,16). The third kappa shape index (κ3) is 2.38. The Morgan fingerprint density at radius 1 is 1.47 bits per heavy atom. The molecule has 2 heterocycles. The molecule has 92 valence electrons. The lowest BCUT2D eigenvalue weighted by Crippen LogP contribution is -2.31. The van der Waals surface area contributed by atoms with Gasteiger partial charge in [0.05, 0.1) is 18.1 Å². The average molecular weight is 244 g/mol. The number of fused-ring (bicyclic) bond motifs is 1. The van der Waals surface area contributed by atoms with Crippen LogP contribution in [-0.2, 0) is 0 Å². The molecular weight excluding hydrogens is 234 g/mol. The van der Waals surface area contributed by atoms with Crippen LogP contribution >= 0.6 is 0 Å². The topological polar surface area (TPSA) is 113 Å². The summed E-state index contributed by atoms with van der Waals surface area (Å²) in [5.41, 5.74) is 5.76. The number of anilines is 2. The van der Waals surface area contributed by atoms with E-state index < -0.39 is 19.1 Å². The van der Waals surface area contributed by atoms with Gasteiger partial charge in [-0.25, -0.2) is 8.78 Å². The largest absolute Gasteiger partial charge is 0.390 e. The molecule has 0 saturated carbocycles. The lowest BCUT2D eigenvalue weighted by molar-refractivity contribution is -0.0373. The Morgan fingerprint density at radius 3 is 2.94 bits per heavy atom. The molecule has 0 amide bonds. The van der Waals surface area contributed by atoms with E-state index in [-0.39, 0.29) is 11.8 Å². The quantitative estimate of drug-likeness (QED) is 0.601. The van der Waals surface area contributed by atoms with Crippen molar-refractivity contribution in [3.63, 3.8) is 0 Å². The van der Waals surface area contributed by atoms with Crippen LogP contribution in [0.15, 0.2) is 6.20 Å². The van der Waals surface area contributed by atoms with Crippen LogP contribution in [0.25, 0.3) is 11.0 Å². The number of nitrogens with one attached hydrogen (secondary N) is 2. The van der Waals surface area contributed by atoms with Crippen molar-refractivity contribution in [3.8, 4) is 0 Å². The third-order valence-electron chi connectivity index (χ3n) is 2.07. The number of alkyl halides is 2. The van der Waals surface area contributed by atoms with E-state index in [0.29, 0.717) is 11.0 Å². The molecule has 2 rings (SSSR count). The summed E-state index contributed by atoms with van der Waals surface area (Å²) in [7, 11) is 0. The lowest BCUT2D eigenvalue weighted by atomic mass is 10.3. The van der Waals surface area contributed by atoms with Gasteiger partial charge in [0, 0.05) is 0 Å². The molecule has 0 atom stereocenters. The number of nitrogens with two attached hydrogens (primary N) is 1. The molecule has 0 aliphatic heterocycles. The van der Waals surface area contributed by atoms with Crippen LogP contribution in [0, 0.1) is 0 Å². The van der Waals surface area contributed by atoms with Crippen molar-refractivity contribution in [1.82, 2.24) is 20.2 Å². The summed E-state index contributed by atoms with van der Waals surface area (Å²) in [6.45, 7) is -1.99. The van der Waals surface area contributed by atoms with Crippen LogP contribution in [0.1, 0.15) is 0 Å². The van der Waals surface area contributed by atoms with E-state index in [1.54, 1.807) is 0 Å². The number of H-pyrrole nitrogens is 1. The summed E-state index contributed by atoms with van der Waals surface area (Å²) in [5, 5.41) is 17.6. The highest BCUT2D eigenvalue weighted by molar-refractivity contribution is 5.86. The summed E-state index contributed by atoms with van der Waals surface area (Å²) in [6, 6.07) is 0. The smallest absolute Gasteiger partial charge is 0.287 e. The number of hydrogen-bond donors (Lipinski definition) is 4. The van der Waals surface area contributed by atoms with E-state index in [9.17, 15) is 8.78 Å². The van der Waals surface area contributed by atoms with Gasteiger partial charge in [0.25, 0.3) is 5.92 Å². The molecule has 2 aromatic heterocycles. The van der Waals surface area contributed by atoms with Gasteiger partial charge in [-0.2, -0.15) is 15.1 Å². The average Bonchev–Trinajstić information content (AvgIpc) is 2.73. The predicted molar refractivity (Wildman–Crippen MR) is 56.6 cm³/mol. The number of aromatic nitrogens is 4. The van der Waals surface area contributed by atoms with E-state index in [0.717, 1.165) is 0 Å². The fourth-order valence-corrected chi connectivity index (χ4v) is 1.26. The molecule has 0 aromatic carbocycles. The Morgan fingerprint density at radius 2 is 2.24 bits per heavy atom. The molecule has 0 bridgehead atoms. The van der Waals surface area contributed by atoms with Crippen LogP contribution in [-0.4, -0.2) is 44.3 Å². The Kier molecular flexibility index (Phi) is 2.76. The Hall–Kier alpha value is -2.03. The van der Waals surface area contributed by atoms with Crippen molar-refractivity contribution >= 4 is 22.8 Å². The normalized spacial score (nSPS) is 11.9. The number of aliphatic hydroxyl groups excluding tert-OH is 1. The fraction of sp³-hybridized carbons (Fsp3) is 0.375. The van der Waals surface area contributed by atoms with E-state index in [4.69, 9.17) is 10.8 Å². The molecule has 0 fully saturated rings. The van der Waals surface area contributed by atoms with E-state index >= 15 is 0 Å². The van der Waals surface area contributed by atoms with Crippen molar-refractivity contribution in [3.05, 3.63) is 6.20 Å². The van der Waals surface area contributed by atoms with Gasteiger partial charge in [0.2, 0.25) is 5.95 Å². The van der Waals surface area contributed by atoms with Crippen molar-refractivity contribution in [2.45, 2.75) is 5.92 Å². The van der Waals surface area contributed by atoms with Crippen LogP contribution in [0.2, 0.25) is 0 Å². The Bertz CT molecular complexity index is 528. The molecule has 0 aliphatic carbocycles. The van der Waals surface area contributed by atoms with Gasteiger partial charge in [-0.05, 0) is 0 Å². The van der Waals surface area contributed by atoms with Gasteiger partial charge in [0.15, 0.2) is 5.65 Å². The van der Waals surface area contributed by atoms with Crippen molar-refractivity contribution < 1.29 is 13.9 Å². The molecule has 0 aliphatic rings. The van der Waals surface area contributed by atoms with E-state index in [1.165, 1.54) is 6.20 Å². The minimum atomic E-state index is -3.23. The minimum absolute atomic E-state index is 0.0587. The van der Waals surface area contributed by atoms with Crippen molar-refractivity contribution in [2.24, 2.45) is 0 Å². The zero-order valence-corrected chi connectivity index (χ0v) is 8.61. The second-order valence-electron chi connectivity index (χ2n) is 3.43. The SMILES string of the molecule is Nc1nc(NCC(F)(F)CO)c2cn[nH]c2n1. The van der Waals surface area contributed by atoms with Crippen molar-refractivity contribution in [2.75, 3.05) is 24.2 Å². The maximum absolute atomic E-state index is 12.9. The Balaban J connectivity index is 2.26. The van der Waals surface area contributed by atoms with E-state index in [1.807, 2.05) is 0 Å². The zero-order chi connectivity index (χ0) is 12.5. The van der Waals surface area contributed by atoms with E-state index in [2.05, 4.69) is 25.5 Å². The molecule has 9 heteroatoms. The number of rotatable bonds is 4. The van der Waals surface area contributed by atoms with Crippen molar-refractivity contribution in [1.29, 1.82) is 0 Å². The molecule has 0 radical (unpaired) electrons. The third-order valence-corrected chi connectivity index (χ3v) is 2.07. The number of nitrogen functional groups attached to an aromatic ring is 1. The van der Waals surface area contributed by atoms with Crippen LogP contribution in [0.3, 0.4) is 0 Å². The fourth-order valence-electron chi connectivity index (χ4n) is 1.26. The van der Waals surface area contributed by atoms with Crippen LogP contribution < -0.4 is 11.1 Å². The van der Waals surface area contributed by atoms with Gasteiger partial charge >= 0.3 is 0 Å². The first-order valence-electron chi connectivity index (χ1n) is 4.71. The maximum Gasteiger partial charge on any atom is 0.287 e. The number of aromatic amines is 1. The monoisotopic (exact) mass is 244 g/mol. The number of hydrogen-bond acceptors (Lipinski definition) is 6. The molecule has 5 N–H and O–H groups in total.